The van der Waals surface area contributed by atoms with E-state index < -0.39 is 114 Å². The summed E-state index contributed by atoms with van der Waals surface area (Å²) in [5.41, 5.74) is -2.21. The summed E-state index contributed by atoms with van der Waals surface area (Å²) in [6.45, 7) is 28.5. The van der Waals surface area contributed by atoms with Crippen LogP contribution in [0.1, 0.15) is 128 Å². The Morgan fingerprint density at radius 2 is 1.55 bits per heavy atom. The van der Waals surface area contributed by atoms with Crippen LogP contribution in [0.5, 0.6) is 0 Å². The van der Waals surface area contributed by atoms with Crippen LogP contribution in [0.2, 0.25) is 5.02 Å². The number of benzene rings is 1. The molecule has 5 rings (SSSR count). The second kappa shape index (κ2) is 26.3. The lowest BCUT2D eigenvalue weighted by Gasteiger charge is -2.53. The van der Waals surface area contributed by atoms with Crippen LogP contribution in [0.3, 0.4) is 0 Å². The molecule has 0 aliphatic carbocycles. The van der Waals surface area contributed by atoms with E-state index in [1.54, 1.807) is 27.2 Å². The van der Waals surface area contributed by atoms with E-state index in [9.17, 15) is 9.59 Å². The lowest BCUT2D eigenvalue weighted by Crippen LogP contribution is -2.63. The number of oxime groups is 1. The topological polar surface area (TPSA) is 172 Å². The highest BCUT2D eigenvalue weighted by atomic mass is 35.5. The van der Waals surface area contributed by atoms with E-state index in [0.29, 0.717) is 36.6 Å². The Morgan fingerprint density at radius 1 is 0.890 bits per heavy atom. The minimum Gasteiger partial charge on any atom is -0.458 e. The van der Waals surface area contributed by atoms with Crippen molar-refractivity contribution in [3.05, 3.63) is 34.9 Å². The number of likely N-dealkylation sites (N-methyl/N-ethyl adjacent to an activating group) is 1. The predicted molar refractivity (Wildman–Crippen MR) is 277 cm³/mol. The molecular formula is C55H90ClN3O14. The van der Waals surface area contributed by atoms with Gasteiger partial charge in [0.15, 0.2) is 24.1 Å². The van der Waals surface area contributed by atoms with Crippen LogP contribution < -0.4 is 0 Å². The quantitative estimate of drug-likeness (QED) is 0.0590. The Hall–Kier alpha value is -3.13. The van der Waals surface area contributed by atoms with Gasteiger partial charge in [0.1, 0.15) is 18.8 Å². The number of carbonyl (C=O) groups is 3. The molecule has 0 aromatic heterocycles. The summed E-state index contributed by atoms with van der Waals surface area (Å²) < 4.78 is 65.9. The molecule has 0 radical (unpaired) electrons. The van der Waals surface area contributed by atoms with Crippen molar-refractivity contribution in [1.82, 2.24) is 9.80 Å². The second-order valence-corrected chi connectivity index (χ2v) is 22.3. The number of hydrogen-bond acceptors (Lipinski definition) is 17. The van der Waals surface area contributed by atoms with Crippen molar-refractivity contribution in [3.63, 3.8) is 0 Å². The third-order valence-electron chi connectivity index (χ3n) is 16.5. The van der Waals surface area contributed by atoms with Crippen molar-refractivity contribution in [2.45, 2.75) is 207 Å². The van der Waals surface area contributed by atoms with Gasteiger partial charge in [-0.3, -0.25) is 9.59 Å². The van der Waals surface area contributed by atoms with E-state index in [0.717, 1.165) is 31.6 Å². The van der Waals surface area contributed by atoms with Gasteiger partial charge in [0.25, 0.3) is 0 Å². The summed E-state index contributed by atoms with van der Waals surface area (Å²) in [4.78, 5) is 52.1. The lowest BCUT2D eigenvalue weighted by molar-refractivity contribution is -0.306. The number of esters is 2. The zero-order chi connectivity index (χ0) is 54.2. The van der Waals surface area contributed by atoms with Gasteiger partial charge in [-0.1, -0.05) is 83.4 Å². The summed E-state index contributed by atoms with van der Waals surface area (Å²) in [6, 6.07) is 7.10. The highest BCUT2D eigenvalue weighted by Gasteiger charge is 2.60. The van der Waals surface area contributed by atoms with Gasteiger partial charge >= 0.3 is 18.1 Å². The SMILES string of the molecule is CC[C@H]1OC(=O)[C@H](C)[C@@H](C2C[C@@](C)(OC)[C@@H](OCCCN(CC)CC)[C@H](C)O2)[C@H](C)[C@@H](O[C@@H]2O[C@H](C)C[C@H](N(C)C)[C@H]2OC(C)=O)[C@](C)(OC)C[C@@H](C)/C(=N\OCc2ccccc2Cl)[C@H](C)[C@H]2OC(=O)O[C@@]21C. The number of methoxy groups -OCH3 is 2. The molecule has 4 heterocycles. The molecule has 0 N–H and O–H groups in total. The summed E-state index contributed by atoms with van der Waals surface area (Å²) >= 11 is 6.57. The van der Waals surface area contributed by atoms with E-state index in [1.165, 1.54) is 6.92 Å². The van der Waals surface area contributed by atoms with Gasteiger partial charge in [-0.2, -0.15) is 0 Å². The average Bonchev–Trinajstić information content (AvgIpc) is 3.65. The molecule has 73 heavy (non-hydrogen) atoms. The first-order valence-electron chi connectivity index (χ1n) is 26.7. The third kappa shape index (κ3) is 14.1. The number of carbonyl (C=O) groups excluding carboxylic acids is 3. The molecule has 0 spiro atoms. The van der Waals surface area contributed by atoms with Crippen molar-refractivity contribution < 1.29 is 66.6 Å². The van der Waals surface area contributed by atoms with Gasteiger partial charge in [-0.15, -0.1) is 0 Å². The number of fused-ring (bicyclic) bond motifs is 1. The van der Waals surface area contributed by atoms with Crippen molar-refractivity contribution >= 4 is 35.4 Å². The smallest absolute Gasteiger partial charge is 0.458 e. The Balaban J connectivity index is 1.70. The van der Waals surface area contributed by atoms with E-state index in [-0.39, 0.29) is 25.2 Å². The molecule has 17 nitrogen and oxygen atoms in total. The van der Waals surface area contributed by atoms with Gasteiger partial charge in [-0.05, 0) is 99.5 Å². The highest BCUT2D eigenvalue weighted by molar-refractivity contribution is 6.31. The van der Waals surface area contributed by atoms with E-state index in [4.69, 9.17) is 69.0 Å². The number of halogens is 1. The number of nitrogens with zero attached hydrogens (tertiary/aromatic N) is 3. The first kappa shape index (κ1) is 60.7. The van der Waals surface area contributed by atoms with Crippen LogP contribution in [-0.2, 0) is 68.4 Å². The first-order valence-corrected chi connectivity index (χ1v) is 27.1. The van der Waals surface area contributed by atoms with Crippen molar-refractivity contribution in [2.24, 2.45) is 34.7 Å². The molecule has 4 fully saturated rings. The van der Waals surface area contributed by atoms with E-state index in [1.807, 2.05) is 99.5 Å². The second-order valence-electron chi connectivity index (χ2n) is 21.9. The van der Waals surface area contributed by atoms with Crippen molar-refractivity contribution in [2.75, 3.05) is 54.6 Å². The maximum atomic E-state index is 15.2. The Kier molecular flexibility index (Phi) is 21.9. The molecule has 0 amide bonds. The fourth-order valence-electron chi connectivity index (χ4n) is 12.4. The zero-order valence-corrected chi connectivity index (χ0v) is 47.7. The van der Waals surface area contributed by atoms with Gasteiger partial charge in [0.05, 0.1) is 53.3 Å². The van der Waals surface area contributed by atoms with Crippen LogP contribution in [0.15, 0.2) is 29.4 Å². The standard InChI is InChI=1S/C55H90ClN3O14/c1-18-43-55(13)48(72-52(62)73-55)36(8)45(57-66-31-39-24-21-22-25-40(39)56)32(4)29-53(11,63-16)47(71-51-46(69-38(10)60)41(58(14)15)28-33(5)67-51)34(6)44(35(7)50(61)70-43)42-30-54(12,64-17)49(37(9)68-42)65-27-23-26-59(19-2)20-3/h21-22,24-25,32-37,41-44,46-49,51H,18-20,23,26-31H2,1-17H3/b57-45+/t32-,33-,34+,35-,36+,37+,41+,42?,43-,44+,46-,47-,48-,49+,51+,53-,54-,55-/m1/s1. The number of cyclic esters (lactones) is 1. The number of ether oxygens (including phenoxy) is 10. The first-order chi connectivity index (χ1) is 34.4. The summed E-state index contributed by atoms with van der Waals surface area (Å²) in [7, 11) is 7.21. The molecule has 1 aromatic carbocycles. The van der Waals surface area contributed by atoms with E-state index >= 15 is 4.79 Å². The van der Waals surface area contributed by atoms with Gasteiger partial charge in [0, 0.05) is 69.1 Å². The maximum Gasteiger partial charge on any atom is 0.509 e. The van der Waals surface area contributed by atoms with Crippen molar-refractivity contribution in [3.8, 4) is 0 Å². The Morgan fingerprint density at radius 3 is 2.15 bits per heavy atom. The number of rotatable bonds is 18. The van der Waals surface area contributed by atoms with Crippen LogP contribution in [-0.4, -0.2) is 166 Å². The van der Waals surface area contributed by atoms with Crippen LogP contribution in [0.25, 0.3) is 0 Å². The molecule has 18 atom stereocenters. The van der Waals surface area contributed by atoms with E-state index in [2.05, 4.69) is 18.7 Å². The zero-order valence-electron chi connectivity index (χ0n) is 47.0. The molecule has 1 unspecified atom stereocenters. The summed E-state index contributed by atoms with van der Waals surface area (Å²) in [5, 5.41) is 5.36. The molecule has 1 aromatic rings. The fourth-order valence-corrected chi connectivity index (χ4v) is 12.6. The molecule has 4 aliphatic heterocycles. The third-order valence-corrected chi connectivity index (χ3v) is 16.9. The predicted octanol–water partition coefficient (Wildman–Crippen LogP) is 8.88. The highest BCUT2D eigenvalue weighted by Crippen LogP contribution is 2.48. The van der Waals surface area contributed by atoms with Crippen LogP contribution in [0, 0.1) is 29.6 Å². The summed E-state index contributed by atoms with van der Waals surface area (Å²) in [6.07, 6.45) is -5.03. The molecule has 0 bridgehead atoms. The van der Waals surface area contributed by atoms with Gasteiger partial charge < -0.3 is 62.0 Å². The van der Waals surface area contributed by atoms with Crippen LogP contribution in [0.4, 0.5) is 4.79 Å². The molecule has 4 aliphatic rings. The number of hydrogen-bond donors (Lipinski definition) is 0. The van der Waals surface area contributed by atoms with Gasteiger partial charge in [-0.25, -0.2) is 4.79 Å². The molecular weight excluding hydrogens is 962 g/mol. The van der Waals surface area contributed by atoms with Gasteiger partial charge in [0.2, 0.25) is 0 Å². The molecule has 18 heteroatoms. The normalized spacial score (nSPS) is 39.3. The average molecular weight is 1050 g/mol. The van der Waals surface area contributed by atoms with Crippen molar-refractivity contribution in [1.29, 1.82) is 0 Å². The minimum atomic E-state index is -1.44. The Bertz CT molecular complexity index is 1990. The summed E-state index contributed by atoms with van der Waals surface area (Å²) in [5.74, 6) is -4.15. The fraction of sp³-hybridized carbons (Fsp3) is 0.818. The minimum absolute atomic E-state index is 0.0596. The molecule has 0 saturated carbocycles. The maximum absolute atomic E-state index is 15.2. The largest absolute Gasteiger partial charge is 0.509 e. The molecule has 416 valence electrons. The molecule has 4 saturated heterocycles. The monoisotopic (exact) mass is 1050 g/mol. The lowest BCUT2D eigenvalue weighted by atomic mass is 9.67. The Labute approximate surface area is 441 Å². The van der Waals surface area contributed by atoms with Crippen LogP contribution >= 0.6 is 11.6 Å².